The zero-order valence-electron chi connectivity index (χ0n) is 9.75. The van der Waals surface area contributed by atoms with E-state index in [0.29, 0.717) is 0 Å². The maximum absolute atomic E-state index is 10.4. The number of hydrogen-bond donors (Lipinski definition) is 1. The third kappa shape index (κ3) is 2.49. The number of rotatable bonds is 3. The van der Waals surface area contributed by atoms with Gasteiger partial charge in [-0.3, -0.25) is 0 Å². The van der Waals surface area contributed by atoms with Crippen molar-refractivity contribution in [3.05, 3.63) is 34.3 Å². The number of aliphatic hydroxyl groups excluding tert-OH is 1. The molecule has 0 spiro atoms. The summed E-state index contributed by atoms with van der Waals surface area (Å²) < 4.78 is 1.11. The van der Waals surface area contributed by atoms with Gasteiger partial charge >= 0.3 is 0 Å². The fourth-order valence-corrected chi connectivity index (χ4v) is 3.08. The van der Waals surface area contributed by atoms with Crippen LogP contribution in [0.25, 0.3) is 0 Å². The van der Waals surface area contributed by atoms with E-state index in [1.54, 1.807) is 0 Å². The first-order valence-electron chi connectivity index (χ1n) is 6.03. The zero-order valence-corrected chi connectivity index (χ0v) is 11.3. The zero-order chi connectivity index (χ0) is 11.6. The molecule has 0 heterocycles. The highest BCUT2D eigenvalue weighted by atomic mass is 79.9. The normalized spacial score (nSPS) is 20.9. The lowest BCUT2D eigenvalue weighted by Crippen LogP contribution is -2.31. The molecular formula is C14H19BrO. The summed E-state index contributed by atoms with van der Waals surface area (Å²) in [5.74, 6) is 0. The van der Waals surface area contributed by atoms with Gasteiger partial charge in [-0.05, 0) is 36.3 Å². The smallest absolute Gasteiger partial charge is 0.0634 e. The highest BCUT2D eigenvalue weighted by molar-refractivity contribution is 9.10. The Morgan fingerprint density at radius 2 is 1.94 bits per heavy atom. The second-order valence-electron chi connectivity index (χ2n) is 5.17. The summed E-state index contributed by atoms with van der Waals surface area (Å²) in [6, 6.07) is 8.17. The predicted molar refractivity (Wildman–Crippen MR) is 70.4 cm³/mol. The third-order valence-corrected chi connectivity index (χ3v) is 4.69. The molecule has 1 nitrogen and oxygen atoms in total. The lowest BCUT2D eigenvalue weighted by Gasteiger charge is -2.30. The number of halogens is 1. The average molecular weight is 283 g/mol. The maximum Gasteiger partial charge on any atom is 0.0634 e. The number of hydrogen-bond acceptors (Lipinski definition) is 1. The number of benzene rings is 1. The molecule has 1 saturated carbocycles. The molecule has 1 N–H and O–H groups in total. The molecule has 1 aliphatic carbocycles. The van der Waals surface area contributed by atoms with Crippen LogP contribution < -0.4 is 0 Å². The van der Waals surface area contributed by atoms with Crippen LogP contribution in [-0.4, -0.2) is 11.2 Å². The van der Waals surface area contributed by atoms with Crippen molar-refractivity contribution in [1.82, 2.24) is 0 Å². The maximum atomic E-state index is 10.4. The molecule has 1 atom stereocenters. The molecule has 2 heteroatoms. The van der Waals surface area contributed by atoms with Crippen molar-refractivity contribution in [1.29, 1.82) is 0 Å². The van der Waals surface area contributed by atoms with Crippen molar-refractivity contribution in [2.45, 2.75) is 45.1 Å². The molecule has 0 bridgehead atoms. The van der Waals surface area contributed by atoms with Crippen molar-refractivity contribution in [2.24, 2.45) is 5.41 Å². The van der Waals surface area contributed by atoms with Crippen LogP contribution in [0.2, 0.25) is 0 Å². The molecule has 16 heavy (non-hydrogen) atoms. The lowest BCUT2D eigenvalue weighted by molar-refractivity contribution is 0.0422. The Bertz CT molecular complexity index is 356. The van der Waals surface area contributed by atoms with Gasteiger partial charge in [0.05, 0.1) is 6.10 Å². The van der Waals surface area contributed by atoms with Crippen molar-refractivity contribution in [2.75, 3.05) is 0 Å². The first kappa shape index (κ1) is 12.1. The molecule has 0 saturated heterocycles. The molecular weight excluding hydrogens is 264 g/mol. The van der Waals surface area contributed by atoms with E-state index in [1.807, 2.05) is 18.2 Å². The van der Waals surface area contributed by atoms with Gasteiger partial charge in [0.2, 0.25) is 0 Å². The molecule has 1 aromatic rings. The van der Waals surface area contributed by atoms with Crippen molar-refractivity contribution in [3.8, 4) is 0 Å². The van der Waals surface area contributed by atoms with E-state index in [1.165, 1.54) is 31.2 Å². The Hall–Kier alpha value is -0.340. The van der Waals surface area contributed by atoms with Crippen molar-refractivity contribution in [3.63, 3.8) is 0 Å². The first-order chi connectivity index (χ1) is 7.62. The summed E-state index contributed by atoms with van der Waals surface area (Å²) in [5, 5.41) is 10.4. The minimum Gasteiger partial charge on any atom is -0.392 e. The Morgan fingerprint density at radius 1 is 1.31 bits per heavy atom. The minimum absolute atomic E-state index is 0.134. The Kier molecular flexibility index (Phi) is 3.70. The molecule has 1 fully saturated rings. The van der Waals surface area contributed by atoms with E-state index in [2.05, 4.69) is 28.9 Å². The minimum atomic E-state index is -0.214. The standard InChI is InChI=1S/C14H19BrO/c1-14(8-4-5-9-14)13(16)10-11-6-2-3-7-12(11)15/h2-3,6-7,13,16H,4-5,8-10H2,1H3. The molecule has 88 valence electrons. The molecule has 1 aliphatic rings. The van der Waals surface area contributed by atoms with E-state index < -0.39 is 0 Å². The van der Waals surface area contributed by atoms with E-state index in [4.69, 9.17) is 0 Å². The fourth-order valence-electron chi connectivity index (χ4n) is 2.63. The van der Waals surface area contributed by atoms with Crippen LogP contribution in [0, 0.1) is 5.41 Å². The van der Waals surface area contributed by atoms with E-state index in [9.17, 15) is 5.11 Å². The van der Waals surface area contributed by atoms with Gasteiger partial charge in [-0.2, -0.15) is 0 Å². The predicted octanol–water partition coefficient (Wildman–Crippen LogP) is 3.93. The Balaban J connectivity index is 2.07. The third-order valence-electron chi connectivity index (χ3n) is 3.92. The van der Waals surface area contributed by atoms with E-state index in [-0.39, 0.29) is 11.5 Å². The molecule has 1 aromatic carbocycles. The van der Waals surface area contributed by atoms with Gasteiger partial charge in [0.25, 0.3) is 0 Å². The van der Waals surface area contributed by atoms with Crippen LogP contribution in [0.1, 0.15) is 38.2 Å². The fraction of sp³-hybridized carbons (Fsp3) is 0.571. The van der Waals surface area contributed by atoms with E-state index in [0.717, 1.165) is 10.9 Å². The van der Waals surface area contributed by atoms with E-state index >= 15 is 0 Å². The molecule has 0 aromatic heterocycles. The second kappa shape index (κ2) is 4.89. The highest BCUT2D eigenvalue weighted by Gasteiger charge is 2.35. The Labute approximate surface area is 106 Å². The monoisotopic (exact) mass is 282 g/mol. The summed E-state index contributed by atoms with van der Waals surface area (Å²) in [4.78, 5) is 0. The summed E-state index contributed by atoms with van der Waals surface area (Å²) >= 11 is 3.54. The summed E-state index contributed by atoms with van der Waals surface area (Å²) in [6.07, 6.45) is 5.41. The van der Waals surface area contributed by atoms with Gasteiger partial charge < -0.3 is 5.11 Å². The SMILES string of the molecule is CC1(C(O)Cc2ccccc2Br)CCCC1. The summed E-state index contributed by atoms with van der Waals surface area (Å²) in [5.41, 5.74) is 1.35. The van der Waals surface area contributed by atoms with Gasteiger partial charge in [-0.1, -0.05) is 53.9 Å². The van der Waals surface area contributed by atoms with Crippen LogP contribution in [0.5, 0.6) is 0 Å². The van der Waals surface area contributed by atoms with Crippen LogP contribution in [0.4, 0.5) is 0 Å². The van der Waals surface area contributed by atoms with Crippen LogP contribution in [-0.2, 0) is 6.42 Å². The second-order valence-corrected chi connectivity index (χ2v) is 6.03. The molecule has 0 aliphatic heterocycles. The van der Waals surface area contributed by atoms with Gasteiger partial charge in [0.15, 0.2) is 0 Å². The van der Waals surface area contributed by atoms with Gasteiger partial charge in [-0.25, -0.2) is 0 Å². The first-order valence-corrected chi connectivity index (χ1v) is 6.83. The lowest BCUT2D eigenvalue weighted by atomic mass is 9.80. The van der Waals surface area contributed by atoms with Crippen LogP contribution in [0.15, 0.2) is 28.7 Å². The largest absolute Gasteiger partial charge is 0.392 e. The molecule has 0 radical (unpaired) electrons. The van der Waals surface area contributed by atoms with Crippen molar-refractivity contribution >= 4 is 15.9 Å². The van der Waals surface area contributed by atoms with Crippen molar-refractivity contribution < 1.29 is 5.11 Å². The molecule has 1 unspecified atom stereocenters. The highest BCUT2D eigenvalue weighted by Crippen LogP contribution is 2.41. The molecule has 2 rings (SSSR count). The average Bonchev–Trinajstić information content (AvgIpc) is 2.70. The van der Waals surface area contributed by atoms with Gasteiger partial charge in [0, 0.05) is 4.47 Å². The van der Waals surface area contributed by atoms with Gasteiger partial charge in [0.1, 0.15) is 0 Å². The Morgan fingerprint density at radius 3 is 2.56 bits per heavy atom. The quantitative estimate of drug-likeness (QED) is 0.891. The van der Waals surface area contributed by atoms with Crippen LogP contribution in [0.3, 0.4) is 0 Å². The van der Waals surface area contributed by atoms with Crippen LogP contribution >= 0.6 is 15.9 Å². The topological polar surface area (TPSA) is 20.2 Å². The summed E-state index contributed by atoms with van der Waals surface area (Å²) in [6.45, 7) is 2.22. The summed E-state index contributed by atoms with van der Waals surface area (Å²) in [7, 11) is 0. The van der Waals surface area contributed by atoms with Gasteiger partial charge in [-0.15, -0.1) is 0 Å². The number of aliphatic hydroxyl groups is 1. The molecule has 0 amide bonds.